The summed E-state index contributed by atoms with van der Waals surface area (Å²) in [5.74, 6) is 0.642. The minimum atomic E-state index is -0.270. The molecule has 0 spiro atoms. The molecule has 0 bridgehead atoms. The van der Waals surface area contributed by atoms with E-state index in [2.05, 4.69) is 13.8 Å². The van der Waals surface area contributed by atoms with Gasteiger partial charge in [0, 0.05) is 0 Å². The lowest BCUT2D eigenvalue weighted by Crippen LogP contribution is -2.45. The molecule has 2 saturated carbocycles. The van der Waals surface area contributed by atoms with Crippen LogP contribution in [0.5, 0.6) is 0 Å². The Morgan fingerprint density at radius 1 is 1.00 bits per heavy atom. The third kappa shape index (κ3) is 1.76. The molecule has 0 atom stereocenters. The summed E-state index contributed by atoms with van der Waals surface area (Å²) >= 11 is 0. The Morgan fingerprint density at radius 2 is 1.54 bits per heavy atom. The van der Waals surface area contributed by atoms with Crippen LogP contribution in [0.3, 0.4) is 0 Å². The lowest BCUT2D eigenvalue weighted by molar-refractivity contribution is -0.0950. The minimum absolute atomic E-state index is 0.270. The molecular weight excluding hydrogens is 160 g/mol. The van der Waals surface area contributed by atoms with Crippen molar-refractivity contribution in [2.45, 2.75) is 64.4 Å². The summed E-state index contributed by atoms with van der Waals surface area (Å²) in [5, 5.41) is 10.4. The number of rotatable bonds is 1. The van der Waals surface area contributed by atoms with Gasteiger partial charge in [-0.1, -0.05) is 20.3 Å². The summed E-state index contributed by atoms with van der Waals surface area (Å²) < 4.78 is 0. The summed E-state index contributed by atoms with van der Waals surface area (Å²) in [6.07, 6.45) is 8.40. The molecule has 1 heteroatoms. The first-order chi connectivity index (χ1) is 6.02. The first-order valence-electron chi connectivity index (χ1n) is 5.74. The normalized spacial score (nSPS) is 32.5. The molecule has 2 aliphatic rings. The maximum absolute atomic E-state index is 10.4. The number of hydrogen-bond donors (Lipinski definition) is 1. The third-order valence-corrected chi connectivity index (χ3v) is 4.33. The van der Waals surface area contributed by atoms with Gasteiger partial charge in [-0.15, -0.1) is 0 Å². The van der Waals surface area contributed by atoms with Crippen LogP contribution in [0.1, 0.15) is 58.8 Å². The van der Waals surface area contributed by atoms with Crippen LogP contribution in [0, 0.1) is 11.3 Å². The molecule has 0 saturated heterocycles. The van der Waals surface area contributed by atoms with E-state index in [-0.39, 0.29) is 5.60 Å². The van der Waals surface area contributed by atoms with Gasteiger partial charge in [0.25, 0.3) is 0 Å². The van der Waals surface area contributed by atoms with Crippen LogP contribution in [0.2, 0.25) is 0 Å². The van der Waals surface area contributed by atoms with Gasteiger partial charge < -0.3 is 5.11 Å². The van der Waals surface area contributed by atoms with E-state index in [1.165, 1.54) is 32.1 Å². The highest BCUT2D eigenvalue weighted by molar-refractivity contribution is 4.96. The minimum Gasteiger partial charge on any atom is -0.390 e. The molecule has 1 N–H and O–H groups in total. The molecule has 0 aromatic heterocycles. The second kappa shape index (κ2) is 2.98. The van der Waals surface area contributed by atoms with Gasteiger partial charge in [0.1, 0.15) is 0 Å². The molecule has 13 heavy (non-hydrogen) atoms. The van der Waals surface area contributed by atoms with Crippen molar-refractivity contribution < 1.29 is 5.11 Å². The van der Waals surface area contributed by atoms with E-state index in [1.807, 2.05) is 0 Å². The van der Waals surface area contributed by atoms with Crippen molar-refractivity contribution in [1.29, 1.82) is 0 Å². The van der Waals surface area contributed by atoms with E-state index in [4.69, 9.17) is 0 Å². The van der Waals surface area contributed by atoms with Gasteiger partial charge in [0.15, 0.2) is 0 Å². The molecule has 76 valence electrons. The van der Waals surface area contributed by atoms with Gasteiger partial charge >= 0.3 is 0 Å². The Kier molecular flexibility index (Phi) is 2.18. The van der Waals surface area contributed by atoms with Gasteiger partial charge in [-0.25, -0.2) is 0 Å². The van der Waals surface area contributed by atoms with Gasteiger partial charge in [-0.3, -0.25) is 0 Å². The average Bonchev–Trinajstić information content (AvgIpc) is 1.93. The van der Waals surface area contributed by atoms with Crippen LogP contribution in [0.25, 0.3) is 0 Å². The molecule has 0 heterocycles. The molecule has 0 aliphatic heterocycles. The van der Waals surface area contributed by atoms with Crippen LogP contribution in [0.15, 0.2) is 0 Å². The van der Waals surface area contributed by atoms with Gasteiger partial charge in [0.2, 0.25) is 0 Å². The maximum Gasteiger partial charge on any atom is 0.0676 e. The fourth-order valence-corrected chi connectivity index (χ4v) is 2.71. The highest BCUT2D eigenvalue weighted by Crippen LogP contribution is 2.48. The molecule has 0 aromatic carbocycles. The largest absolute Gasteiger partial charge is 0.390 e. The van der Waals surface area contributed by atoms with Crippen LogP contribution in [-0.2, 0) is 0 Å². The van der Waals surface area contributed by atoms with Crippen molar-refractivity contribution in [1.82, 2.24) is 0 Å². The Bertz CT molecular complexity index is 181. The van der Waals surface area contributed by atoms with E-state index in [1.54, 1.807) is 0 Å². The van der Waals surface area contributed by atoms with Crippen molar-refractivity contribution in [3.63, 3.8) is 0 Å². The zero-order valence-corrected chi connectivity index (χ0v) is 8.97. The summed E-state index contributed by atoms with van der Waals surface area (Å²) in [7, 11) is 0. The summed E-state index contributed by atoms with van der Waals surface area (Å²) in [6.45, 7) is 4.65. The lowest BCUT2D eigenvalue weighted by atomic mass is 9.62. The molecule has 1 nitrogen and oxygen atoms in total. The Balaban J connectivity index is 1.95. The first-order valence-corrected chi connectivity index (χ1v) is 5.74. The second-order valence-corrected chi connectivity index (χ2v) is 5.90. The zero-order valence-electron chi connectivity index (χ0n) is 8.97. The fourth-order valence-electron chi connectivity index (χ4n) is 2.71. The van der Waals surface area contributed by atoms with Crippen molar-refractivity contribution in [2.75, 3.05) is 0 Å². The Morgan fingerprint density at radius 3 is 1.92 bits per heavy atom. The molecule has 0 amide bonds. The smallest absolute Gasteiger partial charge is 0.0676 e. The van der Waals surface area contributed by atoms with Gasteiger partial charge in [0.05, 0.1) is 5.60 Å². The van der Waals surface area contributed by atoms with Crippen molar-refractivity contribution in [2.24, 2.45) is 11.3 Å². The van der Waals surface area contributed by atoms with E-state index in [0.29, 0.717) is 11.3 Å². The average molecular weight is 182 g/mol. The zero-order chi connectivity index (χ0) is 9.53. The van der Waals surface area contributed by atoms with Crippen LogP contribution in [-0.4, -0.2) is 10.7 Å². The highest BCUT2D eigenvalue weighted by atomic mass is 16.3. The maximum atomic E-state index is 10.4. The third-order valence-electron chi connectivity index (χ3n) is 4.33. The molecule has 0 aromatic rings. The van der Waals surface area contributed by atoms with Crippen molar-refractivity contribution in [3.8, 4) is 0 Å². The molecule has 0 unspecified atom stereocenters. The summed E-state index contributed by atoms with van der Waals surface area (Å²) in [6, 6.07) is 0. The number of aliphatic hydroxyl groups is 1. The number of hydrogen-bond acceptors (Lipinski definition) is 1. The quantitative estimate of drug-likeness (QED) is 0.660. The molecule has 2 aliphatic carbocycles. The predicted molar refractivity (Wildman–Crippen MR) is 54.5 cm³/mol. The van der Waals surface area contributed by atoms with Crippen LogP contribution >= 0.6 is 0 Å². The molecule has 2 rings (SSSR count). The summed E-state index contributed by atoms with van der Waals surface area (Å²) in [4.78, 5) is 0. The fraction of sp³-hybridized carbons (Fsp3) is 1.00. The second-order valence-electron chi connectivity index (χ2n) is 5.90. The van der Waals surface area contributed by atoms with E-state index in [0.717, 1.165) is 12.8 Å². The lowest BCUT2D eigenvalue weighted by Gasteiger charge is -2.47. The SMILES string of the molecule is CC1(C)CCC(O)(C2CCC2)CC1. The standard InChI is InChI=1S/C12H22O/c1-11(2)6-8-12(13,9-7-11)10-4-3-5-10/h10,13H,3-9H2,1-2H3. The topological polar surface area (TPSA) is 20.2 Å². The molecular formula is C12H22O. The monoisotopic (exact) mass is 182 g/mol. The van der Waals surface area contributed by atoms with Crippen LogP contribution in [0.4, 0.5) is 0 Å². The Hall–Kier alpha value is -0.0400. The highest BCUT2D eigenvalue weighted by Gasteiger charge is 2.44. The van der Waals surface area contributed by atoms with Gasteiger partial charge in [-0.05, 0) is 49.9 Å². The predicted octanol–water partition coefficient (Wildman–Crippen LogP) is 3.12. The van der Waals surface area contributed by atoms with Crippen molar-refractivity contribution in [3.05, 3.63) is 0 Å². The molecule has 2 fully saturated rings. The van der Waals surface area contributed by atoms with E-state index < -0.39 is 0 Å². The first kappa shape index (κ1) is 9.51. The van der Waals surface area contributed by atoms with Crippen molar-refractivity contribution >= 4 is 0 Å². The van der Waals surface area contributed by atoms with Gasteiger partial charge in [-0.2, -0.15) is 0 Å². The van der Waals surface area contributed by atoms with Crippen LogP contribution < -0.4 is 0 Å². The van der Waals surface area contributed by atoms with E-state index >= 15 is 0 Å². The van der Waals surface area contributed by atoms with E-state index in [9.17, 15) is 5.11 Å². The molecule has 0 radical (unpaired) electrons. The summed E-state index contributed by atoms with van der Waals surface area (Å²) in [5.41, 5.74) is 0.212. The Labute approximate surface area is 81.5 Å².